The zero-order chi connectivity index (χ0) is 43.9. The van der Waals surface area contributed by atoms with Crippen molar-refractivity contribution in [1.29, 1.82) is 0 Å². The van der Waals surface area contributed by atoms with Gasteiger partial charge in [0.1, 0.15) is 54.0 Å². The Morgan fingerprint density at radius 3 is 2.48 bits per heavy atom. The van der Waals surface area contributed by atoms with Crippen LogP contribution in [0.5, 0.6) is 11.5 Å². The van der Waals surface area contributed by atoms with Crippen molar-refractivity contribution in [3.8, 4) is 11.5 Å². The van der Waals surface area contributed by atoms with Crippen molar-refractivity contribution in [3.63, 3.8) is 0 Å². The lowest BCUT2D eigenvalue weighted by Crippen LogP contribution is -2.59. The number of ether oxygens (including phenoxy) is 4. The number of hydrogen-bond acceptors (Lipinski definition) is 13. The number of likely N-dealkylation sites (tertiary alicyclic amines) is 1. The maximum atomic E-state index is 14.8. The van der Waals surface area contributed by atoms with E-state index in [1.165, 1.54) is 11.3 Å². The first kappa shape index (κ1) is 44.3. The average molecular weight is 878 g/mol. The van der Waals surface area contributed by atoms with Crippen molar-refractivity contribution in [2.24, 2.45) is 28.2 Å². The molecule has 3 saturated carbocycles. The quantitative estimate of drug-likeness (QED) is 0.192. The molecule has 3 aliphatic carbocycles. The van der Waals surface area contributed by atoms with Gasteiger partial charge in [-0.2, -0.15) is 0 Å². The number of pyridine rings is 1. The molecule has 9 atom stereocenters. The van der Waals surface area contributed by atoms with Crippen LogP contribution in [0.25, 0.3) is 10.9 Å². The standard InChI is InChI=1S/C45H63N7O9S/c1-7-28-22-45(28,41(55)56)50-39(53)36-20-31(23-52(36)40(54)38(44(4,5)6)49-43(57)61-30-17-26-16-27(26)18-30)60-37-21-34(35-24-62-42(48-35)46-25(2)3)47-33-19-29(8-9-32(33)37)59-15-12-51-10-13-58-14-11-51/h8-9,19,21,25-28,30-31,35-36,38H,7,10-18,20,22-24H2,1-6H3,(H,46,48)(H,49,57)(H,50,53)(H,55,56)/t26-,27?,28+,30?,31+,35?,36-,38?,45+/m0/s1. The first-order valence-electron chi connectivity index (χ1n) is 22.4. The SMILES string of the molecule is CC[C@@H]1C[C@]1(NC(=O)[C@@H]1C[C@@H](Oc2cc(C3CSC(NC(C)C)=N3)nc3cc(OCCN4CCOCC4)ccc23)CN1C(=O)C(NC(=O)OC1CC2C[C@H]2C1)C(C)(C)C)C(=O)O. The predicted octanol–water partition coefficient (Wildman–Crippen LogP) is 4.74. The van der Waals surface area contributed by atoms with E-state index in [2.05, 4.69) is 34.7 Å². The Morgan fingerprint density at radius 1 is 1.05 bits per heavy atom. The number of aromatic nitrogens is 1. The number of carbonyl (C=O) groups is 4. The average Bonchev–Trinajstić information content (AvgIpc) is 3.89. The fraction of sp³-hybridized carbons (Fsp3) is 0.689. The summed E-state index contributed by atoms with van der Waals surface area (Å²) in [5.74, 6) is 0.754. The van der Waals surface area contributed by atoms with E-state index in [4.69, 9.17) is 28.9 Å². The molecule has 1 aromatic heterocycles. The van der Waals surface area contributed by atoms with Crippen LogP contribution in [0, 0.1) is 23.2 Å². The van der Waals surface area contributed by atoms with E-state index < -0.39 is 53.0 Å². The summed E-state index contributed by atoms with van der Waals surface area (Å²) in [6.07, 6.45) is 2.33. The van der Waals surface area contributed by atoms with Crippen LogP contribution in [-0.2, 0) is 23.9 Å². The lowest BCUT2D eigenvalue weighted by atomic mass is 9.85. The fourth-order valence-corrected chi connectivity index (χ4v) is 10.6. The topological polar surface area (TPSA) is 193 Å². The molecule has 8 rings (SSSR count). The number of carbonyl (C=O) groups excluding carboxylic acids is 3. The van der Waals surface area contributed by atoms with Crippen LogP contribution in [-0.4, -0.2) is 137 Å². The predicted molar refractivity (Wildman–Crippen MR) is 234 cm³/mol. The lowest BCUT2D eigenvalue weighted by molar-refractivity contribution is -0.146. The number of nitrogens with one attached hydrogen (secondary N) is 3. The second kappa shape index (κ2) is 18.0. The highest BCUT2D eigenvalue weighted by molar-refractivity contribution is 8.14. The second-order valence-corrected chi connectivity index (χ2v) is 20.4. The first-order chi connectivity index (χ1) is 29.6. The Kier molecular flexibility index (Phi) is 12.9. The Hall–Kier alpha value is -4.35. The van der Waals surface area contributed by atoms with Crippen molar-refractivity contribution in [3.05, 3.63) is 30.0 Å². The van der Waals surface area contributed by atoms with Gasteiger partial charge in [0, 0.05) is 55.4 Å². The summed E-state index contributed by atoms with van der Waals surface area (Å²) in [5.41, 5.74) is -0.788. The van der Waals surface area contributed by atoms with Gasteiger partial charge in [-0.25, -0.2) is 9.59 Å². The number of hydrogen-bond donors (Lipinski definition) is 4. The van der Waals surface area contributed by atoms with Crippen LogP contribution in [0.1, 0.15) is 91.8 Å². The van der Waals surface area contributed by atoms with Crippen molar-refractivity contribution in [1.82, 2.24) is 30.7 Å². The zero-order valence-electron chi connectivity index (χ0n) is 36.8. The summed E-state index contributed by atoms with van der Waals surface area (Å²) in [6.45, 7) is 16.1. The Labute approximate surface area is 368 Å². The van der Waals surface area contributed by atoms with Crippen LogP contribution in [0.3, 0.4) is 0 Å². The number of carboxylic acid groups (broad SMARTS) is 1. The summed E-state index contributed by atoms with van der Waals surface area (Å²) in [7, 11) is 0. The van der Waals surface area contributed by atoms with E-state index in [-0.39, 0.29) is 37.1 Å². The minimum Gasteiger partial charge on any atom is -0.492 e. The highest BCUT2D eigenvalue weighted by Gasteiger charge is 2.61. The number of fused-ring (bicyclic) bond motifs is 2. The number of thioether (sulfide) groups is 1. The number of alkyl carbamates (subject to hydrolysis) is 1. The number of morpholine rings is 1. The van der Waals surface area contributed by atoms with Gasteiger partial charge in [0.2, 0.25) is 11.8 Å². The minimum atomic E-state index is -1.39. The molecule has 4 unspecified atom stereocenters. The number of amidine groups is 1. The molecule has 2 saturated heterocycles. The summed E-state index contributed by atoms with van der Waals surface area (Å²) in [4.78, 5) is 68.8. The van der Waals surface area contributed by atoms with Crippen LogP contribution in [0.4, 0.5) is 4.79 Å². The van der Waals surface area contributed by atoms with Gasteiger partial charge in [-0.15, -0.1) is 0 Å². The van der Waals surface area contributed by atoms with Gasteiger partial charge in [-0.3, -0.25) is 24.5 Å². The molecule has 4 heterocycles. The van der Waals surface area contributed by atoms with E-state index >= 15 is 0 Å². The second-order valence-electron chi connectivity index (χ2n) is 19.3. The van der Waals surface area contributed by atoms with Crippen LogP contribution in [0.15, 0.2) is 29.3 Å². The maximum Gasteiger partial charge on any atom is 0.408 e. The zero-order valence-corrected chi connectivity index (χ0v) is 37.6. The molecule has 16 nitrogen and oxygen atoms in total. The highest BCUT2D eigenvalue weighted by atomic mass is 32.2. The molecule has 3 aliphatic heterocycles. The summed E-state index contributed by atoms with van der Waals surface area (Å²) in [6, 6.07) is 5.47. The van der Waals surface area contributed by atoms with E-state index in [0.717, 1.165) is 43.0 Å². The van der Waals surface area contributed by atoms with Crippen molar-refractivity contribution in [2.75, 3.05) is 51.8 Å². The number of aliphatic imine (C=N–C) groups is 1. The highest BCUT2D eigenvalue weighted by Crippen LogP contribution is 2.52. The van der Waals surface area contributed by atoms with Gasteiger partial charge in [0.15, 0.2) is 5.17 Å². The fourth-order valence-electron chi connectivity index (χ4n) is 9.54. The first-order valence-corrected chi connectivity index (χ1v) is 23.4. The Morgan fingerprint density at radius 2 is 1.81 bits per heavy atom. The molecule has 2 aromatic rings. The van der Waals surface area contributed by atoms with Gasteiger partial charge in [0.05, 0.1) is 31.0 Å². The largest absolute Gasteiger partial charge is 0.492 e. The van der Waals surface area contributed by atoms with Gasteiger partial charge in [0.25, 0.3) is 0 Å². The summed E-state index contributed by atoms with van der Waals surface area (Å²) < 4.78 is 24.4. The normalized spacial score (nSPS) is 29.8. The molecule has 0 spiro atoms. The van der Waals surface area contributed by atoms with Crippen LogP contribution >= 0.6 is 11.8 Å². The molecule has 6 aliphatic rings. The number of amides is 3. The number of benzene rings is 1. The van der Waals surface area contributed by atoms with E-state index in [1.54, 1.807) is 11.8 Å². The summed E-state index contributed by atoms with van der Waals surface area (Å²) in [5, 5.41) is 20.9. The molecular weight excluding hydrogens is 815 g/mol. The molecule has 0 bridgehead atoms. The number of nitrogens with zero attached hydrogens (tertiary/aromatic N) is 4. The Balaban J connectivity index is 1.06. The van der Waals surface area contributed by atoms with E-state index in [0.29, 0.717) is 73.0 Å². The molecule has 62 heavy (non-hydrogen) atoms. The smallest absolute Gasteiger partial charge is 0.408 e. The van der Waals surface area contributed by atoms with Crippen molar-refractivity contribution < 1.29 is 43.2 Å². The number of carboxylic acids is 1. The molecule has 17 heteroatoms. The molecule has 1 aromatic carbocycles. The van der Waals surface area contributed by atoms with Gasteiger partial charge >= 0.3 is 12.1 Å². The van der Waals surface area contributed by atoms with Gasteiger partial charge in [-0.05, 0) is 74.8 Å². The maximum absolute atomic E-state index is 14.8. The number of aliphatic carboxylic acids is 1. The molecule has 5 fully saturated rings. The third-order valence-corrected chi connectivity index (χ3v) is 14.2. The summed E-state index contributed by atoms with van der Waals surface area (Å²) >= 11 is 1.64. The molecule has 338 valence electrons. The minimum absolute atomic E-state index is 0.0191. The van der Waals surface area contributed by atoms with Crippen LogP contribution in [0.2, 0.25) is 0 Å². The molecule has 0 radical (unpaired) electrons. The lowest BCUT2D eigenvalue weighted by Gasteiger charge is -2.35. The van der Waals surface area contributed by atoms with Crippen molar-refractivity contribution in [2.45, 2.75) is 122 Å². The van der Waals surface area contributed by atoms with Crippen molar-refractivity contribution >= 4 is 51.7 Å². The third-order valence-electron chi connectivity index (χ3n) is 13.3. The Bertz CT molecular complexity index is 2050. The van der Waals surface area contributed by atoms with Crippen LogP contribution < -0.4 is 25.4 Å². The third kappa shape index (κ3) is 9.89. The van der Waals surface area contributed by atoms with E-state index in [1.807, 2.05) is 52.0 Å². The monoisotopic (exact) mass is 877 g/mol. The number of rotatable bonds is 15. The molecule has 4 N–H and O–H groups in total. The van der Waals surface area contributed by atoms with Gasteiger partial charge in [-0.1, -0.05) is 45.9 Å². The molecule has 3 amide bonds. The molecular formula is C45H63N7O9S. The van der Waals surface area contributed by atoms with E-state index in [9.17, 15) is 24.3 Å². The van der Waals surface area contributed by atoms with Gasteiger partial charge < -0.3 is 44.9 Å².